The highest BCUT2D eigenvalue weighted by molar-refractivity contribution is 7.89. The van der Waals surface area contributed by atoms with Gasteiger partial charge >= 0.3 is 0 Å². The van der Waals surface area contributed by atoms with Crippen LogP contribution < -0.4 is 11.1 Å². The third kappa shape index (κ3) is 4.43. The van der Waals surface area contributed by atoms with Crippen molar-refractivity contribution in [3.63, 3.8) is 0 Å². The maximum Gasteiger partial charge on any atom is 0.215 e. The van der Waals surface area contributed by atoms with E-state index in [1.165, 1.54) is 18.4 Å². The summed E-state index contributed by atoms with van der Waals surface area (Å²) in [5.74, 6) is 0.0119. The van der Waals surface area contributed by atoms with Crippen molar-refractivity contribution in [2.45, 2.75) is 6.42 Å². The maximum absolute atomic E-state index is 11.6. The lowest BCUT2D eigenvalue weighted by molar-refractivity contribution is 0.521. The van der Waals surface area contributed by atoms with Gasteiger partial charge in [-0.25, -0.2) is 12.7 Å². The molecular formula is C12H18N4O2S. The van der Waals surface area contributed by atoms with E-state index in [-0.39, 0.29) is 12.2 Å². The molecule has 0 aliphatic rings. The molecule has 0 bridgehead atoms. The Morgan fingerprint density at radius 1 is 1.42 bits per heavy atom. The fraction of sp³-hybridized carbons (Fsp3) is 0.417. The Bertz CT molecular complexity index is 576. The molecule has 1 rings (SSSR count). The second kappa shape index (κ2) is 6.41. The van der Waals surface area contributed by atoms with Gasteiger partial charge in [-0.15, -0.1) is 0 Å². The first-order chi connectivity index (χ1) is 8.86. The zero-order valence-electron chi connectivity index (χ0n) is 11.0. The predicted molar refractivity (Wildman–Crippen MR) is 76.1 cm³/mol. The first kappa shape index (κ1) is 15.3. The van der Waals surface area contributed by atoms with Crippen LogP contribution in [0.2, 0.25) is 0 Å². The normalized spacial score (nSPS) is 11.3. The third-order valence-electron chi connectivity index (χ3n) is 2.66. The number of anilines is 2. The van der Waals surface area contributed by atoms with E-state index in [4.69, 9.17) is 11.0 Å². The standard InChI is InChI=1S/C12H18N4O2S/c1-16(2)19(17,18)8-7-15-11-3-4-12(14)10(9-11)5-6-13/h3-4,9,15H,5,7-8,14H2,1-2H3. The largest absolute Gasteiger partial charge is 0.398 e. The smallest absolute Gasteiger partial charge is 0.215 e. The number of rotatable bonds is 6. The number of hydrogen-bond acceptors (Lipinski definition) is 5. The van der Waals surface area contributed by atoms with Gasteiger partial charge in [-0.3, -0.25) is 0 Å². The van der Waals surface area contributed by atoms with Crippen molar-refractivity contribution in [3.8, 4) is 6.07 Å². The average Bonchev–Trinajstić information content (AvgIpc) is 2.33. The van der Waals surface area contributed by atoms with E-state index in [0.717, 1.165) is 11.3 Å². The molecule has 6 nitrogen and oxygen atoms in total. The van der Waals surface area contributed by atoms with E-state index >= 15 is 0 Å². The van der Waals surface area contributed by atoms with Gasteiger partial charge in [-0.2, -0.15) is 5.26 Å². The minimum absolute atomic E-state index is 0.0119. The molecule has 0 fully saturated rings. The third-order valence-corrected chi connectivity index (χ3v) is 4.49. The summed E-state index contributed by atoms with van der Waals surface area (Å²) in [6, 6.07) is 7.27. The number of hydrogen-bond donors (Lipinski definition) is 2. The maximum atomic E-state index is 11.6. The quantitative estimate of drug-likeness (QED) is 0.746. The highest BCUT2D eigenvalue weighted by Crippen LogP contribution is 2.18. The van der Waals surface area contributed by atoms with Gasteiger partial charge in [-0.1, -0.05) is 0 Å². The molecular weight excluding hydrogens is 264 g/mol. The molecule has 0 saturated carbocycles. The molecule has 0 aliphatic carbocycles. The molecule has 19 heavy (non-hydrogen) atoms. The van der Waals surface area contributed by atoms with Gasteiger partial charge in [0.25, 0.3) is 0 Å². The van der Waals surface area contributed by atoms with Crippen LogP contribution in [0.5, 0.6) is 0 Å². The predicted octanol–water partition coefficient (Wildman–Crippen LogP) is 0.638. The lowest BCUT2D eigenvalue weighted by atomic mass is 10.1. The van der Waals surface area contributed by atoms with E-state index in [2.05, 4.69) is 5.32 Å². The van der Waals surface area contributed by atoms with Gasteiger partial charge in [0.1, 0.15) is 0 Å². The Labute approximate surface area is 113 Å². The van der Waals surface area contributed by atoms with Crippen LogP contribution in [0.15, 0.2) is 18.2 Å². The summed E-state index contributed by atoms with van der Waals surface area (Å²) in [5.41, 5.74) is 7.79. The summed E-state index contributed by atoms with van der Waals surface area (Å²) in [7, 11) is -0.196. The SMILES string of the molecule is CN(C)S(=O)(=O)CCNc1ccc(N)c(CC#N)c1. The summed E-state index contributed by atoms with van der Waals surface area (Å²) in [6.07, 6.45) is 0.233. The zero-order chi connectivity index (χ0) is 14.5. The van der Waals surface area contributed by atoms with Gasteiger partial charge in [0, 0.05) is 32.0 Å². The molecule has 0 heterocycles. The lowest BCUT2D eigenvalue weighted by Crippen LogP contribution is -2.28. The monoisotopic (exact) mass is 282 g/mol. The minimum atomic E-state index is -3.20. The van der Waals surface area contributed by atoms with Gasteiger partial charge in [-0.05, 0) is 23.8 Å². The molecule has 0 spiro atoms. The molecule has 0 radical (unpaired) electrons. The molecule has 3 N–H and O–H groups in total. The van der Waals surface area contributed by atoms with Crippen molar-refractivity contribution < 1.29 is 8.42 Å². The zero-order valence-corrected chi connectivity index (χ0v) is 11.9. The summed E-state index contributed by atoms with van der Waals surface area (Å²) in [4.78, 5) is 0. The highest BCUT2D eigenvalue weighted by Gasteiger charge is 2.12. The van der Waals surface area contributed by atoms with Crippen molar-refractivity contribution >= 4 is 21.4 Å². The Hall–Kier alpha value is -1.78. The molecule has 0 aliphatic heterocycles. The molecule has 0 aromatic heterocycles. The van der Waals surface area contributed by atoms with E-state index in [0.29, 0.717) is 12.2 Å². The number of nitriles is 1. The van der Waals surface area contributed by atoms with Crippen molar-refractivity contribution in [2.24, 2.45) is 0 Å². The molecule has 104 valence electrons. The van der Waals surface area contributed by atoms with Crippen molar-refractivity contribution in [3.05, 3.63) is 23.8 Å². The van der Waals surface area contributed by atoms with Gasteiger partial charge in [0.2, 0.25) is 10.0 Å². The highest BCUT2D eigenvalue weighted by atomic mass is 32.2. The lowest BCUT2D eigenvalue weighted by Gasteiger charge is -2.13. The Balaban J connectivity index is 2.65. The molecule has 0 saturated heterocycles. The topological polar surface area (TPSA) is 99.2 Å². The Kier molecular flexibility index (Phi) is 5.15. The number of sulfonamides is 1. The summed E-state index contributed by atoms with van der Waals surface area (Å²) >= 11 is 0. The van der Waals surface area contributed by atoms with Gasteiger partial charge in [0.05, 0.1) is 18.2 Å². The van der Waals surface area contributed by atoms with E-state index < -0.39 is 10.0 Å². The average molecular weight is 282 g/mol. The van der Waals surface area contributed by atoms with Crippen LogP contribution in [0.25, 0.3) is 0 Å². The van der Waals surface area contributed by atoms with Crippen molar-refractivity contribution in [1.82, 2.24) is 4.31 Å². The fourth-order valence-corrected chi connectivity index (χ4v) is 2.19. The number of benzene rings is 1. The van der Waals surface area contributed by atoms with Crippen LogP contribution in [0.4, 0.5) is 11.4 Å². The minimum Gasteiger partial charge on any atom is -0.398 e. The molecule has 0 amide bonds. The number of nitrogens with zero attached hydrogens (tertiary/aromatic N) is 2. The van der Waals surface area contributed by atoms with Crippen LogP contribution in [0.3, 0.4) is 0 Å². The van der Waals surface area contributed by atoms with Crippen LogP contribution >= 0.6 is 0 Å². The first-order valence-electron chi connectivity index (χ1n) is 5.76. The van der Waals surface area contributed by atoms with E-state index in [1.807, 2.05) is 6.07 Å². The van der Waals surface area contributed by atoms with E-state index in [1.54, 1.807) is 18.2 Å². The van der Waals surface area contributed by atoms with Crippen molar-refractivity contribution in [1.29, 1.82) is 5.26 Å². The van der Waals surface area contributed by atoms with Gasteiger partial charge in [0.15, 0.2) is 0 Å². The molecule has 0 unspecified atom stereocenters. The number of nitrogens with two attached hydrogens (primary N) is 1. The Morgan fingerprint density at radius 3 is 2.68 bits per heavy atom. The summed E-state index contributed by atoms with van der Waals surface area (Å²) in [6.45, 7) is 0.302. The number of nitrogens with one attached hydrogen (secondary N) is 1. The van der Waals surface area contributed by atoms with Crippen molar-refractivity contribution in [2.75, 3.05) is 37.4 Å². The molecule has 0 atom stereocenters. The Morgan fingerprint density at radius 2 is 2.11 bits per heavy atom. The van der Waals surface area contributed by atoms with Crippen LogP contribution in [-0.2, 0) is 16.4 Å². The molecule has 1 aromatic rings. The molecule has 7 heteroatoms. The molecule has 1 aromatic carbocycles. The van der Waals surface area contributed by atoms with Crippen LogP contribution in [-0.4, -0.2) is 39.1 Å². The van der Waals surface area contributed by atoms with Gasteiger partial charge < -0.3 is 11.1 Å². The number of nitrogen functional groups attached to an aromatic ring is 1. The first-order valence-corrected chi connectivity index (χ1v) is 7.37. The van der Waals surface area contributed by atoms with Crippen LogP contribution in [0, 0.1) is 11.3 Å². The second-order valence-corrected chi connectivity index (χ2v) is 6.58. The van der Waals surface area contributed by atoms with E-state index in [9.17, 15) is 8.42 Å². The second-order valence-electron chi connectivity index (χ2n) is 4.27. The summed E-state index contributed by atoms with van der Waals surface area (Å²) < 4.78 is 24.3. The summed E-state index contributed by atoms with van der Waals surface area (Å²) in [5, 5.41) is 11.7. The van der Waals surface area contributed by atoms with Crippen LogP contribution in [0.1, 0.15) is 5.56 Å². The fourth-order valence-electron chi connectivity index (χ4n) is 1.46.